The summed E-state index contributed by atoms with van der Waals surface area (Å²) in [6.07, 6.45) is 6.65. The van der Waals surface area contributed by atoms with Gasteiger partial charge in [0.15, 0.2) is 0 Å². The van der Waals surface area contributed by atoms with Crippen LogP contribution in [0.1, 0.15) is 66.7 Å². The molecule has 0 aromatic carbocycles. The van der Waals surface area contributed by atoms with Crippen LogP contribution in [0.25, 0.3) is 0 Å². The third-order valence-corrected chi connectivity index (χ3v) is 3.89. The number of hydrogen-bond donors (Lipinski definition) is 1. The summed E-state index contributed by atoms with van der Waals surface area (Å²) in [6, 6.07) is 0.584. The van der Waals surface area contributed by atoms with Crippen LogP contribution in [-0.4, -0.2) is 25.3 Å². The quantitative estimate of drug-likeness (QED) is 0.774. The van der Waals surface area contributed by atoms with Gasteiger partial charge in [-0.05, 0) is 50.0 Å². The minimum Gasteiger partial charge on any atom is -0.377 e. The van der Waals surface area contributed by atoms with E-state index in [1.807, 2.05) is 0 Å². The highest BCUT2D eigenvalue weighted by Gasteiger charge is 2.29. The monoisotopic (exact) mass is 255 g/mol. The van der Waals surface area contributed by atoms with Crippen molar-refractivity contribution in [3.05, 3.63) is 0 Å². The second-order valence-corrected chi connectivity index (χ2v) is 7.20. The van der Waals surface area contributed by atoms with Gasteiger partial charge in [0.1, 0.15) is 0 Å². The van der Waals surface area contributed by atoms with Gasteiger partial charge in [-0.2, -0.15) is 0 Å². The van der Waals surface area contributed by atoms with Crippen molar-refractivity contribution < 1.29 is 4.74 Å². The number of ether oxygens (including phenoxy) is 1. The molecule has 0 spiro atoms. The highest BCUT2D eigenvalue weighted by atomic mass is 16.5. The lowest BCUT2D eigenvalue weighted by Crippen LogP contribution is -2.45. The van der Waals surface area contributed by atoms with E-state index in [2.05, 4.69) is 39.9 Å². The molecule has 0 amide bonds. The van der Waals surface area contributed by atoms with Gasteiger partial charge in [-0.15, -0.1) is 0 Å². The van der Waals surface area contributed by atoms with Crippen molar-refractivity contribution in [3.63, 3.8) is 0 Å². The van der Waals surface area contributed by atoms with E-state index in [4.69, 9.17) is 4.74 Å². The summed E-state index contributed by atoms with van der Waals surface area (Å²) >= 11 is 0. The molecule has 1 fully saturated rings. The molecule has 1 aliphatic rings. The number of hydrogen-bond acceptors (Lipinski definition) is 2. The van der Waals surface area contributed by atoms with E-state index in [1.54, 1.807) is 0 Å². The van der Waals surface area contributed by atoms with Crippen LogP contribution in [-0.2, 0) is 4.74 Å². The maximum atomic E-state index is 6.18. The standard InChI is InChI=1S/C16H33NO/c1-6-10-17-14-8-7-13(2)12-15(14)18-11-9-16(3,4)5/h13-15,17H,6-12H2,1-5H3. The second kappa shape index (κ2) is 7.49. The molecule has 1 N–H and O–H groups in total. The van der Waals surface area contributed by atoms with Crippen LogP contribution < -0.4 is 5.32 Å². The van der Waals surface area contributed by atoms with E-state index in [0.29, 0.717) is 17.6 Å². The lowest BCUT2D eigenvalue weighted by Gasteiger charge is -2.36. The molecule has 18 heavy (non-hydrogen) atoms. The Morgan fingerprint density at radius 1 is 1.22 bits per heavy atom. The molecule has 0 radical (unpaired) electrons. The summed E-state index contributed by atoms with van der Waals surface area (Å²) in [7, 11) is 0. The fourth-order valence-corrected chi connectivity index (χ4v) is 2.59. The summed E-state index contributed by atoms with van der Waals surface area (Å²) in [5.41, 5.74) is 0.382. The van der Waals surface area contributed by atoms with E-state index < -0.39 is 0 Å². The highest BCUT2D eigenvalue weighted by molar-refractivity contribution is 4.84. The van der Waals surface area contributed by atoms with Crippen molar-refractivity contribution in [2.24, 2.45) is 11.3 Å². The summed E-state index contributed by atoms with van der Waals surface area (Å²) in [5.74, 6) is 0.823. The molecule has 1 saturated carbocycles. The number of rotatable bonds is 6. The maximum absolute atomic E-state index is 6.18. The summed E-state index contributed by atoms with van der Waals surface area (Å²) in [4.78, 5) is 0. The van der Waals surface area contributed by atoms with Crippen molar-refractivity contribution in [2.45, 2.75) is 78.9 Å². The topological polar surface area (TPSA) is 21.3 Å². The minimum atomic E-state index is 0.382. The van der Waals surface area contributed by atoms with Gasteiger partial charge in [-0.25, -0.2) is 0 Å². The van der Waals surface area contributed by atoms with Crippen LogP contribution in [0.4, 0.5) is 0 Å². The van der Waals surface area contributed by atoms with Gasteiger partial charge in [0.25, 0.3) is 0 Å². The third kappa shape index (κ3) is 6.19. The Bertz CT molecular complexity index is 220. The predicted octanol–water partition coefficient (Wildman–Crippen LogP) is 4.00. The van der Waals surface area contributed by atoms with Crippen LogP contribution in [0.5, 0.6) is 0 Å². The van der Waals surface area contributed by atoms with Crippen LogP contribution in [0.3, 0.4) is 0 Å². The first-order valence-corrected chi connectivity index (χ1v) is 7.77. The normalized spacial score (nSPS) is 29.5. The molecule has 2 nitrogen and oxygen atoms in total. The van der Waals surface area contributed by atoms with E-state index in [9.17, 15) is 0 Å². The molecule has 3 unspecified atom stereocenters. The average molecular weight is 255 g/mol. The second-order valence-electron chi connectivity index (χ2n) is 7.20. The largest absolute Gasteiger partial charge is 0.377 e. The molecular formula is C16H33NO. The number of nitrogens with one attached hydrogen (secondary N) is 1. The van der Waals surface area contributed by atoms with Gasteiger partial charge in [0, 0.05) is 12.6 Å². The van der Waals surface area contributed by atoms with Crippen molar-refractivity contribution in [3.8, 4) is 0 Å². The van der Waals surface area contributed by atoms with Crippen LogP contribution >= 0.6 is 0 Å². The molecule has 1 aliphatic carbocycles. The van der Waals surface area contributed by atoms with Gasteiger partial charge in [0.2, 0.25) is 0 Å². The van der Waals surface area contributed by atoms with E-state index in [0.717, 1.165) is 25.5 Å². The Morgan fingerprint density at radius 3 is 2.56 bits per heavy atom. The first kappa shape index (κ1) is 16.0. The van der Waals surface area contributed by atoms with Gasteiger partial charge in [-0.1, -0.05) is 34.6 Å². The summed E-state index contributed by atoms with van der Waals surface area (Å²) < 4.78 is 6.18. The first-order valence-electron chi connectivity index (χ1n) is 7.77. The zero-order valence-electron chi connectivity index (χ0n) is 13.1. The Hall–Kier alpha value is -0.0800. The van der Waals surface area contributed by atoms with Gasteiger partial charge >= 0.3 is 0 Å². The molecule has 0 aromatic heterocycles. The molecule has 1 rings (SSSR count). The smallest absolute Gasteiger partial charge is 0.0730 e. The molecule has 0 aromatic rings. The Kier molecular flexibility index (Phi) is 6.65. The highest BCUT2D eigenvalue weighted by Crippen LogP contribution is 2.27. The van der Waals surface area contributed by atoms with Crippen molar-refractivity contribution >= 4 is 0 Å². The van der Waals surface area contributed by atoms with Crippen LogP contribution in [0.2, 0.25) is 0 Å². The molecule has 3 atom stereocenters. The molecule has 2 heteroatoms. The van der Waals surface area contributed by atoms with Crippen molar-refractivity contribution in [1.29, 1.82) is 0 Å². The van der Waals surface area contributed by atoms with Crippen LogP contribution in [0.15, 0.2) is 0 Å². The molecule has 0 bridgehead atoms. The minimum absolute atomic E-state index is 0.382. The zero-order chi connectivity index (χ0) is 13.6. The van der Waals surface area contributed by atoms with Crippen LogP contribution in [0, 0.1) is 11.3 Å². The summed E-state index contributed by atoms with van der Waals surface area (Å²) in [6.45, 7) is 13.5. The maximum Gasteiger partial charge on any atom is 0.0730 e. The fraction of sp³-hybridized carbons (Fsp3) is 1.00. The molecular weight excluding hydrogens is 222 g/mol. The average Bonchev–Trinajstić information content (AvgIpc) is 2.26. The molecule has 0 saturated heterocycles. The summed E-state index contributed by atoms with van der Waals surface area (Å²) in [5, 5.41) is 3.66. The fourth-order valence-electron chi connectivity index (χ4n) is 2.59. The lowest BCUT2D eigenvalue weighted by atomic mass is 9.84. The lowest BCUT2D eigenvalue weighted by molar-refractivity contribution is -0.0165. The third-order valence-electron chi connectivity index (χ3n) is 3.89. The van der Waals surface area contributed by atoms with Crippen molar-refractivity contribution in [1.82, 2.24) is 5.32 Å². The zero-order valence-corrected chi connectivity index (χ0v) is 13.1. The van der Waals surface area contributed by atoms with E-state index >= 15 is 0 Å². The SMILES string of the molecule is CCCNC1CCC(C)CC1OCCC(C)(C)C. The Balaban J connectivity index is 2.36. The Morgan fingerprint density at radius 2 is 1.94 bits per heavy atom. The molecule has 0 heterocycles. The first-order chi connectivity index (χ1) is 8.42. The van der Waals surface area contributed by atoms with E-state index in [-0.39, 0.29) is 0 Å². The molecule has 108 valence electrons. The van der Waals surface area contributed by atoms with E-state index in [1.165, 1.54) is 25.7 Å². The van der Waals surface area contributed by atoms with Gasteiger partial charge in [-0.3, -0.25) is 0 Å². The van der Waals surface area contributed by atoms with Crippen molar-refractivity contribution in [2.75, 3.05) is 13.2 Å². The van der Waals surface area contributed by atoms with Gasteiger partial charge < -0.3 is 10.1 Å². The Labute approximate surface area is 114 Å². The molecule has 0 aliphatic heterocycles. The predicted molar refractivity (Wildman–Crippen MR) is 78.9 cm³/mol. The van der Waals surface area contributed by atoms with Gasteiger partial charge in [0.05, 0.1) is 6.10 Å².